The number of hydrogen-bond acceptors (Lipinski definition) is 17. The van der Waals surface area contributed by atoms with Crippen molar-refractivity contribution in [1.29, 1.82) is 5.26 Å². The number of nitrogens with zero attached hydrogens (tertiary/aromatic N) is 7. The van der Waals surface area contributed by atoms with E-state index in [1.54, 1.807) is 30.3 Å². The summed E-state index contributed by atoms with van der Waals surface area (Å²) in [6.45, 7) is 7.49. The number of hydrogen-bond donors (Lipinski definition) is 4. The number of phosphoric acid groups is 1. The SMILES string of the molecule is CC(C)(C)[Si](C)(C)OC1[C@@H](OP(=O)(OCCC#N)OCC2O[C@@H](n3cnc4c(NC(=O)c5ccccc5)ncnc43)[C@H](F)[C@@H]2O[P+](=O)O)[C@H](n2cc(F)c3c(=O)[nH]cnc32)O[C@@H]1CO. The van der Waals surface area contributed by atoms with Crippen LogP contribution in [0.15, 0.2) is 60.3 Å². The molecule has 0 saturated carbocycles. The molecule has 27 heteroatoms. The molecule has 4 unspecified atom stereocenters. The number of amides is 1. The summed E-state index contributed by atoms with van der Waals surface area (Å²) in [7, 11) is -11.3. The van der Waals surface area contributed by atoms with Crippen LogP contribution in [0.1, 0.15) is 50.0 Å². The second kappa shape index (κ2) is 19.0. The summed E-state index contributed by atoms with van der Waals surface area (Å²) in [4.78, 5) is 54.3. The number of H-pyrrole nitrogens is 1. The van der Waals surface area contributed by atoms with Crippen molar-refractivity contribution in [1.82, 2.24) is 34.1 Å². The fraction of sp³-hybridized carbons (Fsp3) is 0.486. The number of nitrogens with one attached hydrogen (secondary N) is 2. The number of carbonyl (C=O) groups excluding carboxylic acids is 1. The number of halogens is 2. The van der Waals surface area contributed by atoms with E-state index >= 15 is 8.78 Å². The van der Waals surface area contributed by atoms with Crippen LogP contribution in [0.3, 0.4) is 0 Å². The average Bonchev–Trinajstić information content (AvgIpc) is 4.00. The van der Waals surface area contributed by atoms with Gasteiger partial charge in [-0.1, -0.05) is 39.0 Å². The van der Waals surface area contributed by atoms with Gasteiger partial charge in [-0.15, -0.1) is 9.42 Å². The van der Waals surface area contributed by atoms with Crippen molar-refractivity contribution in [2.24, 2.45) is 0 Å². The number of phosphoric ester groups is 1. The highest BCUT2D eigenvalue weighted by atomic mass is 31.2. The van der Waals surface area contributed by atoms with E-state index in [-0.39, 0.29) is 29.0 Å². The highest BCUT2D eigenvalue weighted by molar-refractivity contribution is 7.48. The Morgan fingerprint density at radius 1 is 1.06 bits per heavy atom. The van der Waals surface area contributed by atoms with Gasteiger partial charge in [0.1, 0.15) is 36.1 Å². The van der Waals surface area contributed by atoms with Gasteiger partial charge < -0.3 is 33.9 Å². The molecule has 2 saturated heterocycles. The van der Waals surface area contributed by atoms with E-state index < -0.39 is 121 Å². The van der Waals surface area contributed by atoms with Gasteiger partial charge in [0.2, 0.25) is 0 Å². The number of imidazole rings is 1. The van der Waals surface area contributed by atoms with Crippen LogP contribution in [0.4, 0.5) is 14.6 Å². The fourth-order valence-corrected chi connectivity index (χ4v) is 10.0. The zero-order chi connectivity index (χ0) is 46.1. The zero-order valence-corrected chi connectivity index (χ0v) is 37.6. The number of benzene rings is 1. The number of aromatic nitrogens is 7. The highest BCUT2D eigenvalue weighted by Gasteiger charge is 2.56. The van der Waals surface area contributed by atoms with E-state index in [2.05, 4.69) is 30.2 Å². The van der Waals surface area contributed by atoms with Crippen LogP contribution in [0.2, 0.25) is 18.1 Å². The lowest BCUT2D eigenvalue weighted by molar-refractivity contribution is -0.0614. The molecule has 2 aliphatic heterocycles. The first-order chi connectivity index (χ1) is 30.4. The Balaban J connectivity index is 1.21. The Morgan fingerprint density at radius 3 is 2.48 bits per heavy atom. The summed E-state index contributed by atoms with van der Waals surface area (Å²) in [5, 5.41) is 21.7. The molecule has 4 N–H and O–H groups in total. The zero-order valence-electron chi connectivity index (χ0n) is 34.8. The first-order valence-corrected chi connectivity index (χ1v) is 25.1. The lowest BCUT2D eigenvalue weighted by Gasteiger charge is -2.40. The van der Waals surface area contributed by atoms with E-state index in [1.165, 1.54) is 0 Å². The number of alkyl halides is 1. The molecule has 2 fully saturated rings. The maximum Gasteiger partial charge on any atom is 0.695 e. The van der Waals surface area contributed by atoms with Crippen LogP contribution in [0.25, 0.3) is 22.2 Å². The van der Waals surface area contributed by atoms with Crippen LogP contribution >= 0.6 is 16.1 Å². The minimum Gasteiger partial charge on any atom is -0.408 e. The molecule has 1 amide bonds. The predicted octanol–water partition coefficient (Wildman–Crippen LogP) is 4.95. The molecule has 0 radical (unpaired) electrons. The monoisotopic (exact) mass is 950 g/mol. The van der Waals surface area contributed by atoms with Gasteiger partial charge in [-0.05, 0) is 30.3 Å². The number of fused-ring (bicyclic) bond motifs is 2. The van der Waals surface area contributed by atoms with E-state index in [9.17, 15) is 34.0 Å². The topological polar surface area (TPSA) is 286 Å². The lowest BCUT2D eigenvalue weighted by atomic mass is 10.1. The van der Waals surface area contributed by atoms with Crippen molar-refractivity contribution in [3.63, 3.8) is 0 Å². The van der Waals surface area contributed by atoms with E-state index in [0.29, 0.717) is 5.56 Å². The Morgan fingerprint density at radius 2 is 1.80 bits per heavy atom. The number of aliphatic hydroxyl groups excluding tert-OH is 1. The van der Waals surface area contributed by atoms with Crippen LogP contribution in [0.5, 0.6) is 0 Å². The smallest absolute Gasteiger partial charge is 0.408 e. The Hall–Kier alpha value is -4.80. The van der Waals surface area contributed by atoms with Gasteiger partial charge in [0.15, 0.2) is 61.5 Å². The molecule has 0 bridgehead atoms. The molecule has 342 valence electrons. The number of rotatable bonds is 17. The first-order valence-electron chi connectivity index (χ1n) is 19.6. The minimum absolute atomic E-state index is 0.0162. The van der Waals surface area contributed by atoms with Crippen LogP contribution in [-0.2, 0) is 41.1 Å². The van der Waals surface area contributed by atoms with Crippen molar-refractivity contribution < 1.29 is 64.7 Å². The quantitative estimate of drug-likeness (QED) is 0.0545. The van der Waals surface area contributed by atoms with Crippen molar-refractivity contribution >= 4 is 58.3 Å². The summed E-state index contributed by atoms with van der Waals surface area (Å²) in [5.74, 6) is -1.52. The molecule has 2 aliphatic rings. The number of anilines is 1. The molecular weight excluding hydrogens is 906 g/mol. The van der Waals surface area contributed by atoms with Gasteiger partial charge in [-0.3, -0.25) is 27.7 Å². The number of carbonyl (C=O) groups is 1. The van der Waals surface area contributed by atoms with Crippen molar-refractivity contribution in [2.75, 3.05) is 25.1 Å². The molecule has 22 nitrogen and oxygen atoms in total. The molecule has 4 aromatic heterocycles. The van der Waals surface area contributed by atoms with Crippen molar-refractivity contribution in [3.05, 3.63) is 77.2 Å². The number of aliphatic hydroxyl groups is 1. The van der Waals surface area contributed by atoms with Gasteiger partial charge in [-0.2, -0.15) is 5.26 Å². The minimum atomic E-state index is -5.04. The number of ether oxygens (including phenoxy) is 2. The van der Waals surface area contributed by atoms with Crippen molar-refractivity contribution in [3.8, 4) is 6.07 Å². The summed E-state index contributed by atoms with van der Waals surface area (Å²) in [5.41, 5.74) is -0.675. The highest BCUT2D eigenvalue weighted by Crippen LogP contribution is 2.56. The molecule has 5 aromatic rings. The Bertz CT molecular complexity index is 2660. The van der Waals surface area contributed by atoms with Crippen molar-refractivity contribution in [2.45, 2.75) is 94.5 Å². The predicted molar refractivity (Wildman–Crippen MR) is 221 cm³/mol. The summed E-state index contributed by atoms with van der Waals surface area (Å²) in [6.07, 6.45) is -9.09. The number of nitriles is 1. The second-order valence-corrected chi connectivity index (χ2v) is 23.2. The van der Waals surface area contributed by atoms with E-state index in [4.69, 9.17) is 32.0 Å². The third-order valence-electron chi connectivity index (χ3n) is 11.0. The fourth-order valence-electron chi connectivity index (χ4n) is 6.89. The lowest BCUT2D eigenvalue weighted by Crippen LogP contribution is -2.50. The summed E-state index contributed by atoms with van der Waals surface area (Å²) >= 11 is 0. The molecule has 0 aliphatic carbocycles. The Labute approximate surface area is 364 Å². The molecule has 0 spiro atoms. The molecule has 1 aromatic carbocycles. The Kier molecular flexibility index (Phi) is 14.0. The maximum absolute atomic E-state index is 16.5. The molecule has 10 atom stereocenters. The molecular formula is C37H44F2N9O13P2Si+. The van der Waals surface area contributed by atoms with Gasteiger partial charge >= 0.3 is 16.1 Å². The second-order valence-electron chi connectivity index (χ2n) is 16.1. The first kappa shape index (κ1) is 47.2. The summed E-state index contributed by atoms with van der Waals surface area (Å²) in [6, 6.07) is 10.1. The van der Waals surface area contributed by atoms with Gasteiger partial charge in [0, 0.05) is 16.3 Å². The van der Waals surface area contributed by atoms with Gasteiger partial charge in [0.25, 0.3) is 11.5 Å². The van der Waals surface area contributed by atoms with Gasteiger partial charge in [-0.25, -0.2) is 33.3 Å². The molecule has 64 heavy (non-hydrogen) atoms. The third-order valence-corrected chi connectivity index (χ3v) is 17.4. The average molecular weight is 951 g/mol. The van der Waals surface area contributed by atoms with Crippen LogP contribution < -0.4 is 10.9 Å². The largest absolute Gasteiger partial charge is 0.695 e. The maximum atomic E-state index is 16.5. The van der Waals surface area contributed by atoms with Crippen LogP contribution in [0, 0.1) is 17.1 Å². The van der Waals surface area contributed by atoms with E-state index in [0.717, 1.165) is 34.3 Å². The molecule has 7 rings (SSSR count). The molecule has 6 heterocycles. The van der Waals surface area contributed by atoms with Gasteiger partial charge in [0.05, 0.1) is 45.0 Å². The van der Waals surface area contributed by atoms with Crippen LogP contribution in [-0.4, -0.2) is 115 Å². The standard InChI is InChI=1S/C37H43F2N9O13P2Si/c1-37(2,3)64(4,5)61-28-22(15-49)57-36(47-14-21(38)24-31(47)42-18-44-34(24)51)29(28)60-63(54,55-13-9-12-40)56-16-23-27(59-62(52)53)25(39)35(58-23)48-19-45-26-30(41-17-43-32(26)48)46-33(50)20-10-7-6-8-11-20/h6-8,10-11,14,17-19,22-23,25,27-29,35-36,49H,9,13,15-16H2,1-5H3,(H2-,41,42,43,44,46,50,51,52,53)/p+1/t22-,23?,25-,27-,28?,29-,35-,36-,63?/m1/s1. The number of aromatic amines is 1. The summed E-state index contributed by atoms with van der Waals surface area (Å²) < 4.78 is 103. The third kappa shape index (κ3) is 9.60. The normalized spacial score (nSPS) is 25.1. The van der Waals surface area contributed by atoms with E-state index in [1.807, 2.05) is 39.9 Å².